The van der Waals surface area contributed by atoms with Gasteiger partial charge in [-0.3, -0.25) is 9.59 Å². The van der Waals surface area contributed by atoms with Crippen molar-refractivity contribution in [3.05, 3.63) is 0 Å². The average molecular weight is 297 g/mol. The van der Waals surface area contributed by atoms with E-state index in [1.807, 2.05) is 4.90 Å². The molecular weight excluding hydrogens is 266 g/mol. The Hall–Kier alpha value is -1.10. The molecule has 0 spiro atoms. The molecule has 0 aromatic rings. The SMILES string of the molecule is CCCN(CCC)C(=O)CCC(=O)NC1(CN)CCCC1. The summed E-state index contributed by atoms with van der Waals surface area (Å²) in [6.45, 7) is 6.17. The van der Waals surface area contributed by atoms with Crippen molar-refractivity contribution < 1.29 is 9.59 Å². The molecule has 0 atom stereocenters. The van der Waals surface area contributed by atoms with Gasteiger partial charge in [0.2, 0.25) is 11.8 Å². The molecule has 0 unspecified atom stereocenters. The smallest absolute Gasteiger partial charge is 0.223 e. The first kappa shape index (κ1) is 18.0. The zero-order valence-corrected chi connectivity index (χ0v) is 13.6. The van der Waals surface area contributed by atoms with Gasteiger partial charge >= 0.3 is 0 Å². The quantitative estimate of drug-likeness (QED) is 0.681. The van der Waals surface area contributed by atoms with Gasteiger partial charge in [0.05, 0.1) is 5.54 Å². The van der Waals surface area contributed by atoms with E-state index in [9.17, 15) is 9.59 Å². The summed E-state index contributed by atoms with van der Waals surface area (Å²) in [5.41, 5.74) is 5.59. The van der Waals surface area contributed by atoms with Crippen LogP contribution < -0.4 is 11.1 Å². The highest BCUT2D eigenvalue weighted by Crippen LogP contribution is 2.28. The standard InChI is InChI=1S/C16H31N3O2/c1-3-11-19(12-4-2)15(21)8-7-14(20)18-16(13-17)9-5-6-10-16/h3-13,17H2,1-2H3,(H,18,20). The molecule has 1 rings (SSSR count). The zero-order chi connectivity index (χ0) is 15.7. The summed E-state index contributed by atoms with van der Waals surface area (Å²) in [6, 6.07) is 0. The fraction of sp³-hybridized carbons (Fsp3) is 0.875. The van der Waals surface area contributed by atoms with Crippen LogP contribution in [0.2, 0.25) is 0 Å². The molecule has 0 heterocycles. The fourth-order valence-electron chi connectivity index (χ4n) is 3.07. The molecule has 2 amide bonds. The molecule has 3 N–H and O–H groups in total. The van der Waals surface area contributed by atoms with Gasteiger partial charge in [-0.15, -0.1) is 0 Å². The van der Waals surface area contributed by atoms with Gasteiger partial charge in [-0.25, -0.2) is 0 Å². The Bertz CT molecular complexity index is 332. The van der Waals surface area contributed by atoms with E-state index in [2.05, 4.69) is 19.2 Å². The third-order valence-electron chi connectivity index (χ3n) is 4.26. The van der Waals surface area contributed by atoms with Crippen molar-refractivity contribution in [3.8, 4) is 0 Å². The Kier molecular flexibility index (Phi) is 7.72. The summed E-state index contributed by atoms with van der Waals surface area (Å²) in [5, 5.41) is 3.07. The lowest BCUT2D eigenvalue weighted by molar-refractivity contribution is -0.134. The summed E-state index contributed by atoms with van der Waals surface area (Å²) < 4.78 is 0. The van der Waals surface area contributed by atoms with Gasteiger partial charge in [0.15, 0.2) is 0 Å². The molecule has 122 valence electrons. The summed E-state index contributed by atoms with van der Waals surface area (Å²) in [5.74, 6) is 0.0470. The normalized spacial score (nSPS) is 16.7. The second-order valence-corrected chi connectivity index (χ2v) is 6.12. The Labute approximate surface area is 128 Å². The molecule has 0 radical (unpaired) electrons. The minimum Gasteiger partial charge on any atom is -0.349 e. The van der Waals surface area contributed by atoms with Gasteiger partial charge in [-0.1, -0.05) is 26.7 Å². The number of nitrogens with two attached hydrogens (primary N) is 1. The zero-order valence-electron chi connectivity index (χ0n) is 13.6. The second-order valence-electron chi connectivity index (χ2n) is 6.12. The maximum absolute atomic E-state index is 12.1. The number of rotatable bonds is 9. The molecule has 1 fully saturated rings. The number of hydrogen-bond donors (Lipinski definition) is 2. The summed E-state index contributed by atoms with van der Waals surface area (Å²) in [7, 11) is 0. The predicted octanol–water partition coefficient (Wildman–Crippen LogP) is 1.80. The molecule has 0 aromatic carbocycles. The van der Waals surface area contributed by atoms with Crippen LogP contribution in [0.15, 0.2) is 0 Å². The lowest BCUT2D eigenvalue weighted by Crippen LogP contribution is -2.51. The second kappa shape index (κ2) is 9.03. The molecule has 0 saturated heterocycles. The van der Waals surface area contributed by atoms with Crippen molar-refractivity contribution in [2.45, 2.75) is 70.8 Å². The van der Waals surface area contributed by atoms with Crippen molar-refractivity contribution in [1.82, 2.24) is 10.2 Å². The lowest BCUT2D eigenvalue weighted by atomic mass is 9.97. The molecule has 5 heteroatoms. The first-order valence-corrected chi connectivity index (χ1v) is 8.35. The molecule has 1 saturated carbocycles. The molecule has 0 bridgehead atoms. The highest BCUT2D eigenvalue weighted by molar-refractivity contribution is 5.84. The molecule has 0 aliphatic heterocycles. The lowest BCUT2D eigenvalue weighted by Gasteiger charge is -2.29. The van der Waals surface area contributed by atoms with E-state index in [0.29, 0.717) is 13.0 Å². The van der Waals surface area contributed by atoms with E-state index in [1.165, 1.54) is 0 Å². The molecule has 1 aliphatic rings. The summed E-state index contributed by atoms with van der Waals surface area (Å²) in [6.07, 6.45) is 6.63. The van der Waals surface area contributed by atoms with Crippen LogP contribution in [-0.4, -0.2) is 41.9 Å². The van der Waals surface area contributed by atoms with E-state index >= 15 is 0 Å². The van der Waals surface area contributed by atoms with Crippen molar-refractivity contribution in [2.75, 3.05) is 19.6 Å². The molecule has 21 heavy (non-hydrogen) atoms. The van der Waals surface area contributed by atoms with E-state index in [1.54, 1.807) is 0 Å². The molecular formula is C16H31N3O2. The number of carbonyl (C=O) groups is 2. The highest BCUT2D eigenvalue weighted by Gasteiger charge is 2.33. The van der Waals surface area contributed by atoms with E-state index in [0.717, 1.165) is 51.6 Å². The van der Waals surface area contributed by atoms with Crippen molar-refractivity contribution >= 4 is 11.8 Å². The highest BCUT2D eigenvalue weighted by atomic mass is 16.2. The first-order valence-electron chi connectivity index (χ1n) is 8.35. The minimum atomic E-state index is -0.216. The Morgan fingerprint density at radius 3 is 2.14 bits per heavy atom. The van der Waals surface area contributed by atoms with Gasteiger partial charge in [-0.2, -0.15) is 0 Å². The van der Waals surface area contributed by atoms with Crippen LogP contribution in [0.5, 0.6) is 0 Å². The first-order chi connectivity index (χ1) is 10.1. The average Bonchev–Trinajstić information content (AvgIpc) is 2.93. The van der Waals surface area contributed by atoms with Gasteiger partial charge in [0, 0.05) is 32.5 Å². The molecule has 1 aliphatic carbocycles. The number of carbonyl (C=O) groups excluding carboxylic acids is 2. The van der Waals surface area contributed by atoms with Crippen LogP contribution in [-0.2, 0) is 9.59 Å². The number of nitrogens with one attached hydrogen (secondary N) is 1. The van der Waals surface area contributed by atoms with Crippen LogP contribution in [0.3, 0.4) is 0 Å². The van der Waals surface area contributed by atoms with Gasteiger partial charge < -0.3 is 16.0 Å². The number of amides is 2. The van der Waals surface area contributed by atoms with Crippen molar-refractivity contribution in [3.63, 3.8) is 0 Å². The molecule has 5 nitrogen and oxygen atoms in total. The van der Waals surface area contributed by atoms with Crippen LogP contribution in [0.25, 0.3) is 0 Å². The van der Waals surface area contributed by atoms with Crippen molar-refractivity contribution in [1.29, 1.82) is 0 Å². The van der Waals surface area contributed by atoms with Crippen LogP contribution >= 0.6 is 0 Å². The van der Waals surface area contributed by atoms with Crippen LogP contribution in [0.1, 0.15) is 65.2 Å². The third-order valence-corrected chi connectivity index (χ3v) is 4.26. The maximum Gasteiger partial charge on any atom is 0.223 e. The maximum atomic E-state index is 12.1. The topological polar surface area (TPSA) is 75.4 Å². The van der Waals surface area contributed by atoms with Crippen LogP contribution in [0, 0.1) is 0 Å². The minimum absolute atomic E-state index is 0.0383. The van der Waals surface area contributed by atoms with E-state index < -0.39 is 0 Å². The Morgan fingerprint density at radius 2 is 1.67 bits per heavy atom. The monoisotopic (exact) mass is 297 g/mol. The number of nitrogens with zero attached hydrogens (tertiary/aromatic N) is 1. The van der Waals surface area contributed by atoms with Gasteiger partial charge in [-0.05, 0) is 25.7 Å². The number of hydrogen-bond acceptors (Lipinski definition) is 3. The van der Waals surface area contributed by atoms with Crippen LogP contribution in [0.4, 0.5) is 0 Å². The molecule has 0 aromatic heterocycles. The Balaban J connectivity index is 2.39. The predicted molar refractivity (Wildman–Crippen MR) is 84.8 cm³/mol. The largest absolute Gasteiger partial charge is 0.349 e. The van der Waals surface area contributed by atoms with E-state index in [4.69, 9.17) is 5.73 Å². The summed E-state index contributed by atoms with van der Waals surface area (Å²) >= 11 is 0. The van der Waals surface area contributed by atoms with Gasteiger partial charge in [0.1, 0.15) is 0 Å². The Morgan fingerprint density at radius 1 is 1.10 bits per heavy atom. The fourth-order valence-corrected chi connectivity index (χ4v) is 3.07. The third kappa shape index (κ3) is 5.65. The summed E-state index contributed by atoms with van der Waals surface area (Å²) in [4.78, 5) is 26.1. The van der Waals surface area contributed by atoms with E-state index in [-0.39, 0.29) is 23.8 Å². The van der Waals surface area contributed by atoms with Gasteiger partial charge in [0.25, 0.3) is 0 Å². The van der Waals surface area contributed by atoms with Crippen molar-refractivity contribution in [2.24, 2.45) is 5.73 Å².